The number of nitrogens with zero attached hydrogens (tertiary/aromatic N) is 1. The molecule has 1 aliphatic heterocycles. The van der Waals surface area contributed by atoms with Gasteiger partial charge in [0.1, 0.15) is 5.78 Å². The standard InChI is InChI=1S/C13H21NO3S/c15-13-5-1-3-11(13)12-4-2-8-14(12)18(16,17)9-10-6-7-10/h10-12H,1-9H2. The van der Waals surface area contributed by atoms with Crippen molar-refractivity contribution in [3.05, 3.63) is 0 Å². The van der Waals surface area contributed by atoms with Crippen LogP contribution in [0.25, 0.3) is 0 Å². The van der Waals surface area contributed by atoms with Crippen LogP contribution in [0.1, 0.15) is 44.9 Å². The largest absolute Gasteiger partial charge is 0.299 e. The highest BCUT2D eigenvalue weighted by molar-refractivity contribution is 7.89. The lowest BCUT2D eigenvalue weighted by molar-refractivity contribution is -0.121. The number of rotatable bonds is 4. The van der Waals surface area contributed by atoms with Crippen LogP contribution in [0.5, 0.6) is 0 Å². The number of hydrogen-bond donors (Lipinski definition) is 0. The fourth-order valence-corrected chi connectivity index (χ4v) is 5.63. The Morgan fingerprint density at radius 3 is 2.50 bits per heavy atom. The summed E-state index contributed by atoms with van der Waals surface area (Å²) in [5, 5.41) is 0. The van der Waals surface area contributed by atoms with Crippen LogP contribution in [0.15, 0.2) is 0 Å². The second kappa shape index (κ2) is 4.60. The molecule has 102 valence electrons. The van der Waals surface area contributed by atoms with Gasteiger partial charge in [-0.1, -0.05) is 0 Å². The molecule has 2 atom stereocenters. The molecule has 3 aliphatic rings. The van der Waals surface area contributed by atoms with Crippen LogP contribution in [0, 0.1) is 11.8 Å². The summed E-state index contributed by atoms with van der Waals surface area (Å²) < 4.78 is 26.4. The molecule has 2 unspecified atom stereocenters. The Morgan fingerprint density at radius 2 is 1.89 bits per heavy atom. The lowest BCUT2D eigenvalue weighted by Crippen LogP contribution is -2.42. The first-order valence-corrected chi connectivity index (χ1v) is 8.71. The molecule has 5 heteroatoms. The minimum atomic E-state index is -3.13. The third kappa shape index (κ3) is 2.35. The van der Waals surface area contributed by atoms with Crippen molar-refractivity contribution in [3.8, 4) is 0 Å². The number of hydrogen-bond acceptors (Lipinski definition) is 3. The van der Waals surface area contributed by atoms with Crippen molar-refractivity contribution in [2.75, 3.05) is 12.3 Å². The van der Waals surface area contributed by atoms with Crippen molar-refractivity contribution >= 4 is 15.8 Å². The maximum absolute atomic E-state index is 12.4. The fourth-order valence-electron chi connectivity index (χ4n) is 3.44. The minimum absolute atomic E-state index is 0.0125. The molecule has 1 heterocycles. The molecule has 0 spiro atoms. The quantitative estimate of drug-likeness (QED) is 0.779. The van der Waals surface area contributed by atoms with Crippen LogP contribution in [0.4, 0.5) is 0 Å². The molecule has 0 amide bonds. The Morgan fingerprint density at radius 1 is 1.11 bits per heavy atom. The highest BCUT2D eigenvalue weighted by Gasteiger charge is 2.44. The number of Topliss-reactive ketones (excluding diaryl/α,β-unsaturated/α-hetero) is 1. The smallest absolute Gasteiger partial charge is 0.214 e. The first kappa shape index (κ1) is 12.6. The molecule has 3 fully saturated rings. The molecule has 2 saturated carbocycles. The van der Waals surface area contributed by atoms with Gasteiger partial charge < -0.3 is 0 Å². The zero-order valence-electron chi connectivity index (χ0n) is 10.7. The van der Waals surface area contributed by atoms with E-state index in [9.17, 15) is 13.2 Å². The molecule has 18 heavy (non-hydrogen) atoms. The average Bonchev–Trinajstić information content (AvgIpc) is 2.80. The van der Waals surface area contributed by atoms with Crippen LogP contribution < -0.4 is 0 Å². The zero-order chi connectivity index (χ0) is 12.8. The van der Waals surface area contributed by atoms with E-state index in [1.807, 2.05) is 0 Å². The molecule has 2 aliphatic carbocycles. The Bertz CT molecular complexity index is 441. The van der Waals surface area contributed by atoms with E-state index in [1.54, 1.807) is 4.31 Å². The molecule has 0 aromatic rings. The Balaban J connectivity index is 1.75. The molecule has 0 aromatic carbocycles. The summed E-state index contributed by atoms with van der Waals surface area (Å²) in [5.74, 6) is 0.968. The van der Waals surface area contributed by atoms with Gasteiger partial charge in [-0.15, -0.1) is 0 Å². The second-order valence-corrected chi connectivity index (χ2v) is 7.97. The van der Waals surface area contributed by atoms with E-state index < -0.39 is 10.0 Å². The Kier molecular flexibility index (Phi) is 3.22. The molecule has 1 saturated heterocycles. The van der Waals surface area contributed by atoms with Crippen molar-refractivity contribution < 1.29 is 13.2 Å². The predicted molar refractivity (Wildman–Crippen MR) is 68.6 cm³/mol. The molecular formula is C13H21NO3S. The number of carbonyl (C=O) groups excluding carboxylic acids is 1. The van der Waals surface area contributed by atoms with E-state index in [0.29, 0.717) is 24.6 Å². The van der Waals surface area contributed by atoms with E-state index >= 15 is 0 Å². The van der Waals surface area contributed by atoms with E-state index in [-0.39, 0.29) is 17.7 Å². The van der Waals surface area contributed by atoms with Crippen molar-refractivity contribution in [2.45, 2.75) is 51.0 Å². The van der Waals surface area contributed by atoms with Gasteiger partial charge in [-0.25, -0.2) is 8.42 Å². The lowest BCUT2D eigenvalue weighted by Gasteiger charge is -2.27. The summed E-state index contributed by atoms with van der Waals surface area (Å²) in [4.78, 5) is 11.8. The summed E-state index contributed by atoms with van der Waals surface area (Å²) in [6, 6.07) is -0.0243. The molecule has 0 bridgehead atoms. The first-order chi connectivity index (χ1) is 8.58. The minimum Gasteiger partial charge on any atom is -0.299 e. The van der Waals surface area contributed by atoms with Gasteiger partial charge in [-0.2, -0.15) is 4.31 Å². The third-order valence-electron chi connectivity index (χ3n) is 4.57. The van der Waals surface area contributed by atoms with Gasteiger partial charge in [-0.3, -0.25) is 4.79 Å². The van der Waals surface area contributed by atoms with Crippen LogP contribution >= 0.6 is 0 Å². The van der Waals surface area contributed by atoms with E-state index in [1.165, 1.54) is 0 Å². The van der Waals surface area contributed by atoms with E-state index in [0.717, 1.165) is 38.5 Å². The van der Waals surface area contributed by atoms with Gasteiger partial charge in [0, 0.05) is 24.9 Å². The van der Waals surface area contributed by atoms with E-state index in [4.69, 9.17) is 0 Å². The van der Waals surface area contributed by atoms with Gasteiger partial charge in [0.2, 0.25) is 10.0 Å². The van der Waals surface area contributed by atoms with Gasteiger partial charge in [0.25, 0.3) is 0 Å². The summed E-state index contributed by atoms with van der Waals surface area (Å²) in [6.07, 6.45) is 6.38. The zero-order valence-corrected chi connectivity index (χ0v) is 11.5. The molecular weight excluding hydrogens is 250 g/mol. The van der Waals surface area contributed by atoms with Crippen LogP contribution in [-0.2, 0) is 14.8 Å². The highest BCUT2D eigenvalue weighted by Crippen LogP contribution is 2.37. The summed E-state index contributed by atoms with van der Waals surface area (Å²) in [7, 11) is -3.13. The Hall–Kier alpha value is -0.420. The van der Waals surface area contributed by atoms with Crippen molar-refractivity contribution in [3.63, 3.8) is 0 Å². The van der Waals surface area contributed by atoms with E-state index in [2.05, 4.69) is 0 Å². The normalized spacial score (nSPS) is 34.3. The molecule has 0 aromatic heterocycles. The van der Waals surface area contributed by atoms with Crippen LogP contribution in [0.2, 0.25) is 0 Å². The number of sulfonamides is 1. The SMILES string of the molecule is O=C1CCCC1C1CCCN1S(=O)(=O)CC1CC1. The summed E-state index contributed by atoms with van der Waals surface area (Å²) in [5.41, 5.74) is 0. The van der Waals surface area contributed by atoms with Crippen molar-refractivity contribution in [1.29, 1.82) is 0 Å². The average molecular weight is 271 g/mol. The van der Waals surface area contributed by atoms with Crippen LogP contribution in [-0.4, -0.2) is 36.8 Å². The number of carbonyl (C=O) groups is 1. The van der Waals surface area contributed by atoms with Crippen LogP contribution in [0.3, 0.4) is 0 Å². The molecule has 0 N–H and O–H groups in total. The number of ketones is 1. The van der Waals surface area contributed by atoms with Gasteiger partial charge in [0.05, 0.1) is 5.75 Å². The second-order valence-electron chi connectivity index (χ2n) is 6.01. The fraction of sp³-hybridized carbons (Fsp3) is 0.923. The van der Waals surface area contributed by atoms with Gasteiger partial charge in [0.15, 0.2) is 0 Å². The third-order valence-corrected chi connectivity index (χ3v) is 6.63. The Labute approximate surface area is 109 Å². The monoisotopic (exact) mass is 271 g/mol. The maximum atomic E-state index is 12.4. The van der Waals surface area contributed by atoms with Gasteiger partial charge >= 0.3 is 0 Å². The first-order valence-electron chi connectivity index (χ1n) is 7.10. The van der Waals surface area contributed by atoms with Crippen molar-refractivity contribution in [2.24, 2.45) is 11.8 Å². The lowest BCUT2D eigenvalue weighted by atomic mass is 9.96. The predicted octanol–water partition coefficient (Wildman–Crippen LogP) is 1.56. The topological polar surface area (TPSA) is 54.5 Å². The van der Waals surface area contributed by atoms with Crippen molar-refractivity contribution in [1.82, 2.24) is 4.31 Å². The summed E-state index contributed by atoms with van der Waals surface area (Å²) in [6.45, 7) is 0.628. The molecule has 4 nitrogen and oxygen atoms in total. The van der Waals surface area contributed by atoms with Gasteiger partial charge in [-0.05, 0) is 44.4 Å². The molecule has 0 radical (unpaired) electrons. The molecule has 3 rings (SSSR count). The highest BCUT2D eigenvalue weighted by atomic mass is 32.2. The summed E-state index contributed by atoms with van der Waals surface area (Å²) >= 11 is 0. The maximum Gasteiger partial charge on any atom is 0.214 e.